The minimum absolute atomic E-state index is 0.316. The van der Waals surface area contributed by atoms with Crippen molar-refractivity contribution in [2.24, 2.45) is 0 Å². The molecule has 0 aliphatic rings. The van der Waals surface area contributed by atoms with Gasteiger partial charge in [-0.3, -0.25) is 4.79 Å². The Morgan fingerprint density at radius 3 is 2.12 bits per heavy atom. The highest BCUT2D eigenvalue weighted by Crippen LogP contribution is 2.00. The van der Waals surface area contributed by atoms with Crippen LogP contribution in [0.3, 0.4) is 0 Å². The Hall–Kier alpha value is -1.31. The quantitative estimate of drug-likeness (QED) is 0.820. The van der Waals surface area contributed by atoms with Crippen molar-refractivity contribution in [3.63, 3.8) is 0 Å². The molecule has 0 aliphatic heterocycles. The Balaban J connectivity index is 0.000000293. The lowest BCUT2D eigenvalue weighted by Gasteiger charge is -1.93. The second kappa shape index (κ2) is 10.2. The summed E-state index contributed by atoms with van der Waals surface area (Å²) in [5, 5.41) is 8.04. The monoisotopic (exact) mass is 222 g/mol. The van der Waals surface area contributed by atoms with E-state index in [1.165, 1.54) is 18.4 Å². The van der Waals surface area contributed by atoms with E-state index in [1.807, 2.05) is 6.92 Å². The van der Waals surface area contributed by atoms with Gasteiger partial charge in [-0.2, -0.15) is 0 Å². The first kappa shape index (κ1) is 14.7. The van der Waals surface area contributed by atoms with Gasteiger partial charge in [-0.25, -0.2) is 0 Å². The fraction of sp³-hybridized carbons (Fsp3) is 0.500. The van der Waals surface area contributed by atoms with Crippen LogP contribution in [0.1, 0.15) is 45.1 Å². The second-order valence-electron chi connectivity index (χ2n) is 3.73. The Kier molecular flexibility index (Phi) is 9.38. The normalized spacial score (nSPS) is 9.12. The van der Waals surface area contributed by atoms with Gasteiger partial charge < -0.3 is 5.11 Å². The summed E-state index contributed by atoms with van der Waals surface area (Å²) in [5.74, 6) is -0.693. The van der Waals surface area contributed by atoms with Crippen molar-refractivity contribution in [2.75, 3.05) is 0 Å². The Labute approximate surface area is 98.3 Å². The number of hydrogen-bond donors (Lipinski definition) is 1. The van der Waals surface area contributed by atoms with Crippen LogP contribution in [0.5, 0.6) is 0 Å². The SMILES string of the molecule is CCCCC(=O)O.CCCc1ccccc1. The van der Waals surface area contributed by atoms with Crippen LogP contribution < -0.4 is 0 Å². The van der Waals surface area contributed by atoms with Gasteiger partial charge >= 0.3 is 5.97 Å². The Bertz CT molecular complexity index is 267. The molecule has 1 rings (SSSR count). The van der Waals surface area contributed by atoms with Gasteiger partial charge in [0.2, 0.25) is 0 Å². The zero-order valence-corrected chi connectivity index (χ0v) is 10.3. The van der Waals surface area contributed by atoms with Crippen molar-refractivity contribution in [3.8, 4) is 0 Å². The molecule has 1 N–H and O–H groups in total. The molecule has 0 heterocycles. The topological polar surface area (TPSA) is 37.3 Å². The second-order valence-corrected chi connectivity index (χ2v) is 3.73. The predicted octanol–water partition coefficient (Wildman–Crippen LogP) is 3.90. The molecule has 1 aromatic carbocycles. The fourth-order valence-electron chi connectivity index (χ4n) is 1.26. The van der Waals surface area contributed by atoms with Crippen LogP contribution in [-0.4, -0.2) is 11.1 Å². The van der Waals surface area contributed by atoms with Gasteiger partial charge in [0.05, 0.1) is 0 Å². The summed E-state index contributed by atoms with van der Waals surface area (Å²) < 4.78 is 0. The molecule has 2 nitrogen and oxygen atoms in total. The summed E-state index contributed by atoms with van der Waals surface area (Å²) in [4.78, 5) is 9.76. The number of hydrogen-bond acceptors (Lipinski definition) is 1. The van der Waals surface area contributed by atoms with Gasteiger partial charge in [0.15, 0.2) is 0 Å². The molecular formula is C14H22O2. The summed E-state index contributed by atoms with van der Waals surface area (Å²) in [6.45, 7) is 4.18. The molecule has 0 amide bonds. The number of carbonyl (C=O) groups is 1. The average molecular weight is 222 g/mol. The fourth-order valence-corrected chi connectivity index (χ4v) is 1.26. The minimum atomic E-state index is -0.693. The number of aryl methyl sites for hydroxylation is 1. The molecule has 16 heavy (non-hydrogen) atoms. The summed E-state index contributed by atoms with van der Waals surface area (Å²) in [6.07, 6.45) is 4.53. The van der Waals surface area contributed by atoms with E-state index in [0.717, 1.165) is 12.8 Å². The maximum atomic E-state index is 9.76. The first-order chi connectivity index (χ1) is 7.70. The van der Waals surface area contributed by atoms with Gasteiger partial charge in [-0.1, -0.05) is 57.0 Å². The van der Waals surface area contributed by atoms with Crippen LogP contribution in [-0.2, 0) is 11.2 Å². The molecular weight excluding hydrogens is 200 g/mol. The highest BCUT2D eigenvalue weighted by Gasteiger charge is 1.90. The molecule has 0 unspecified atom stereocenters. The standard InChI is InChI=1S/C9H12.C5H10O2/c1-2-6-9-7-4-3-5-8-9;1-2-3-4-5(6)7/h3-5,7-8H,2,6H2,1H3;2-4H2,1H3,(H,6,7). The number of unbranched alkanes of at least 4 members (excludes halogenated alkanes) is 1. The van der Waals surface area contributed by atoms with Gasteiger partial charge in [-0.15, -0.1) is 0 Å². The van der Waals surface area contributed by atoms with Crippen molar-refractivity contribution < 1.29 is 9.90 Å². The molecule has 0 saturated heterocycles. The maximum Gasteiger partial charge on any atom is 0.303 e. The van der Waals surface area contributed by atoms with Crippen molar-refractivity contribution >= 4 is 5.97 Å². The van der Waals surface area contributed by atoms with Crippen molar-refractivity contribution in [1.29, 1.82) is 0 Å². The third-order valence-electron chi connectivity index (χ3n) is 2.13. The zero-order chi connectivity index (χ0) is 12.2. The molecule has 90 valence electrons. The molecule has 0 saturated carbocycles. The third-order valence-corrected chi connectivity index (χ3v) is 2.13. The number of carboxylic acids is 1. The van der Waals surface area contributed by atoms with Crippen LogP contribution in [0.4, 0.5) is 0 Å². The summed E-state index contributed by atoms with van der Waals surface area (Å²) in [5.41, 5.74) is 1.44. The van der Waals surface area contributed by atoms with Crippen molar-refractivity contribution in [1.82, 2.24) is 0 Å². The van der Waals surface area contributed by atoms with E-state index in [1.54, 1.807) is 0 Å². The maximum absolute atomic E-state index is 9.76. The van der Waals surface area contributed by atoms with Crippen LogP contribution >= 0.6 is 0 Å². The summed E-state index contributed by atoms with van der Waals surface area (Å²) in [6, 6.07) is 10.6. The van der Waals surface area contributed by atoms with Gasteiger partial charge in [0.25, 0.3) is 0 Å². The van der Waals surface area contributed by atoms with Crippen LogP contribution in [0.15, 0.2) is 30.3 Å². The van der Waals surface area contributed by atoms with Gasteiger partial charge in [-0.05, 0) is 18.4 Å². The molecule has 0 aromatic heterocycles. The van der Waals surface area contributed by atoms with E-state index < -0.39 is 5.97 Å². The Morgan fingerprint density at radius 1 is 1.12 bits per heavy atom. The average Bonchev–Trinajstić information content (AvgIpc) is 2.29. The highest BCUT2D eigenvalue weighted by atomic mass is 16.4. The third kappa shape index (κ3) is 9.25. The molecule has 0 spiro atoms. The van der Waals surface area contributed by atoms with E-state index in [9.17, 15) is 4.79 Å². The number of aliphatic carboxylic acids is 1. The van der Waals surface area contributed by atoms with Crippen LogP contribution in [0, 0.1) is 0 Å². The number of benzene rings is 1. The van der Waals surface area contributed by atoms with Crippen molar-refractivity contribution in [3.05, 3.63) is 35.9 Å². The molecule has 0 radical (unpaired) electrons. The lowest BCUT2D eigenvalue weighted by atomic mass is 10.1. The van der Waals surface area contributed by atoms with Crippen LogP contribution in [0.25, 0.3) is 0 Å². The predicted molar refractivity (Wildman–Crippen MR) is 67.6 cm³/mol. The molecule has 0 atom stereocenters. The van der Waals surface area contributed by atoms with Gasteiger partial charge in [0.1, 0.15) is 0 Å². The number of rotatable bonds is 5. The van der Waals surface area contributed by atoms with E-state index in [-0.39, 0.29) is 0 Å². The van der Waals surface area contributed by atoms with E-state index >= 15 is 0 Å². The Morgan fingerprint density at radius 2 is 1.75 bits per heavy atom. The first-order valence-corrected chi connectivity index (χ1v) is 5.96. The van der Waals surface area contributed by atoms with Crippen molar-refractivity contribution in [2.45, 2.75) is 46.0 Å². The highest BCUT2D eigenvalue weighted by molar-refractivity contribution is 5.66. The molecule has 0 bridgehead atoms. The lowest BCUT2D eigenvalue weighted by Crippen LogP contribution is -1.91. The van der Waals surface area contributed by atoms with E-state index in [0.29, 0.717) is 6.42 Å². The molecule has 1 aromatic rings. The largest absolute Gasteiger partial charge is 0.481 e. The molecule has 0 aliphatic carbocycles. The molecule has 0 fully saturated rings. The lowest BCUT2D eigenvalue weighted by molar-refractivity contribution is -0.137. The first-order valence-electron chi connectivity index (χ1n) is 5.96. The minimum Gasteiger partial charge on any atom is -0.481 e. The van der Waals surface area contributed by atoms with E-state index in [2.05, 4.69) is 37.3 Å². The van der Waals surface area contributed by atoms with E-state index in [4.69, 9.17) is 5.11 Å². The number of carboxylic acid groups (broad SMARTS) is 1. The molecule has 2 heteroatoms. The zero-order valence-electron chi connectivity index (χ0n) is 10.3. The summed E-state index contributed by atoms with van der Waals surface area (Å²) in [7, 11) is 0. The summed E-state index contributed by atoms with van der Waals surface area (Å²) >= 11 is 0. The van der Waals surface area contributed by atoms with Gasteiger partial charge in [0, 0.05) is 6.42 Å². The van der Waals surface area contributed by atoms with Crippen LogP contribution in [0.2, 0.25) is 0 Å². The smallest absolute Gasteiger partial charge is 0.303 e.